The van der Waals surface area contributed by atoms with Crippen molar-refractivity contribution >= 4 is 50.5 Å². The zero-order valence-electron chi connectivity index (χ0n) is 16.5. The number of sulfonamides is 1. The van der Waals surface area contributed by atoms with E-state index in [1.807, 2.05) is 43.3 Å². The molecule has 9 heteroatoms. The first-order chi connectivity index (χ1) is 14.9. The molecule has 0 unspecified atom stereocenters. The maximum Gasteiger partial charge on any atom is 0.263 e. The molecule has 0 aliphatic rings. The lowest BCUT2D eigenvalue weighted by Gasteiger charge is -2.14. The minimum atomic E-state index is -3.95. The molecule has 3 N–H and O–H groups in total. The van der Waals surface area contributed by atoms with E-state index in [4.69, 9.17) is 0 Å². The Labute approximate surface area is 179 Å². The van der Waals surface area contributed by atoms with E-state index in [1.54, 1.807) is 12.1 Å². The molecule has 4 rings (SSSR count). The first-order valence-electron chi connectivity index (χ1n) is 9.38. The number of para-hydroxylation sites is 2. The van der Waals surface area contributed by atoms with Crippen LogP contribution in [-0.2, 0) is 14.8 Å². The molecule has 3 aromatic carbocycles. The van der Waals surface area contributed by atoms with E-state index < -0.39 is 10.0 Å². The number of nitrogens with one attached hydrogen (secondary N) is 3. The molecule has 0 fully saturated rings. The molecule has 0 radical (unpaired) electrons. The lowest BCUT2D eigenvalue weighted by molar-refractivity contribution is -0.105. The Balaban J connectivity index is 1.73. The van der Waals surface area contributed by atoms with Gasteiger partial charge in [0.05, 0.1) is 15.9 Å². The average molecular weight is 433 g/mol. The van der Waals surface area contributed by atoms with Crippen LogP contribution in [0.5, 0.6) is 0 Å². The van der Waals surface area contributed by atoms with Gasteiger partial charge in [0.2, 0.25) is 6.41 Å². The Kier molecular flexibility index (Phi) is 5.50. The number of fused-ring (bicyclic) bond motifs is 1. The zero-order valence-corrected chi connectivity index (χ0v) is 17.3. The summed E-state index contributed by atoms with van der Waals surface area (Å²) in [6.45, 7) is 1.96. The second kappa shape index (κ2) is 8.41. The van der Waals surface area contributed by atoms with Crippen LogP contribution >= 0.6 is 0 Å². The highest BCUT2D eigenvalue weighted by atomic mass is 32.2. The van der Waals surface area contributed by atoms with Gasteiger partial charge in [-0.3, -0.25) is 9.52 Å². The van der Waals surface area contributed by atoms with E-state index in [9.17, 15) is 13.2 Å². The van der Waals surface area contributed by atoms with Crippen molar-refractivity contribution in [3.05, 3.63) is 78.4 Å². The number of carbonyl (C=O) groups is 1. The molecule has 8 nitrogen and oxygen atoms in total. The van der Waals surface area contributed by atoms with E-state index in [-0.39, 0.29) is 16.5 Å². The highest BCUT2D eigenvalue weighted by molar-refractivity contribution is 7.92. The molecule has 0 atom stereocenters. The van der Waals surface area contributed by atoms with Crippen LogP contribution in [0, 0.1) is 6.92 Å². The third-order valence-corrected chi connectivity index (χ3v) is 5.83. The van der Waals surface area contributed by atoms with Crippen LogP contribution in [0.3, 0.4) is 0 Å². The smallest absolute Gasteiger partial charge is 0.263 e. The summed E-state index contributed by atoms with van der Waals surface area (Å²) in [4.78, 5) is 19.6. The molecule has 31 heavy (non-hydrogen) atoms. The average Bonchev–Trinajstić information content (AvgIpc) is 2.75. The van der Waals surface area contributed by atoms with Gasteiger partial charge in [0.25, 0.3) is 10.0 Å². The molecule has 0 saturated carbocycles. The first kappa shape index (κ1) is 20.3. The first-order valence-corrected chi connectivity index (χ1v) is 10.9. The number of aromatic nitrogens is 2. The second-order valence-corrected chi connectivity index (χ2v) is 8.48. The fraction of sp³-hybridized carbons (Fsp3) is 0.0455. The molecule has 0 spiro atoms. The number of anilines is 4. The van der Waals surface area contributed by atoms with Crippen molar-refractivity contribution in [2.45, 2.75) is 11.8 Å². The van der Waals surface area contributed by atoms with E-state index >= 15 is 0 Å². The monoisotopic (exact) mass is 433 g/mol. The molecular weight excluding hydrogens is 414 g/mol. The molecule has 1 aromatic heterocycles. The van der Waals surface area contributed by atoms with Crippen molar-refractivity contribution < 1.29 is 13.2 Å². The van der Waals surface area contributed by atoms with Gasteiger partial charge in [-0.15, -0.1) is 0 Å². The summed E-state index contributed by atoms with van der Waals surface area (Å²) in [7, 11) is -3.95. The SMILES string of the molecule is Cc1cccc(Nc2nc3ccccc3nc2NS(=O)(=O)c2ccc(NC=O)cc2)c1. The largest absolute Gasteiger partial charge is 0.337 e. The van der Waals surface area contributed by atoms with Crippen molar-refractivity contribution in [1.29, 1.82) is 0 Å². The Morgan fingerprint density at radius 2 is 1.48 bits per heavy atom. The van der Waals surface area contributed by atoms with Gasteiger partial charge in [-0.05, 0) is 61.0 Å². The maximum atomic E-state index is 13.0. The number of carbonyl (C=O) groups excluding carboxylic acids is 1. The van der Waals surface area contributed by atoms with Gasteiger partial charge >= 0.3 is 0 Å². The summed E-state index contributed by atoms with van der Waals surface area (Å²) in [6.07, 6.45) is 0.523. The second-order valence-electron chi connectivity index (χ2n) is 6.80. The number of rotatable bonds is 7. The molecule has 0 bridgehead atoms. The molecular formula is C22H19N5O3S. The molecule has 1 amide bonds. The van der Waals surface area contributed by atoms with Gasteiger partial charge in [0.1, 0.15) is 0 Å². The van der Waals surface area contributed by atoms with Crippen LogP contribution in [0.4, 0.5) is 23.0 Å². The van der Waals surface area contributed by atoms with Crippen molar-refractivity contribution in [1.82, 2.24) is 9.97 Å². The van der Waals surface area contributed by atoms with Crippen molar-refractivity contribution in [3.63, 3.8) is 0 Å². The van der Waals surface area contributed by atoms with Crippen molar-refractivity contribution in [3.8, 4) is 0 Å². The summed E-state index contributed by atoms with van der Waals surface area (Å²) >= 11 is 0. The third kappa shape index (κ3) is 4.62. The Morgan fingerprint density at radius 3 is 2.13 bits per heavy atom. The molecule has 1 heterocycles. The van der Waals surface area contributed by atoms with Gasteiger partial charge in [0, 0.05) is 11.4 Å². The van der Waals surface area contributed by atoms with Crippen LogP contribution in [0.2, 0.25) is 0 Å². The molecule has 4 aromatic rings. The van der Waals surface area contributed by atoms with Gasteiger partial charge in [-0.25, -0.2) is 18.4 Å². The van der Waals surface area contributed by atoms with Gasteiger partial charge < -0.3 is 10.6 Å². The maximum absolute atomic E-state index is 13.0. The lowest BCUT2D eigenvalue weighted by atomic mass is 10.2. The number of nitrogens with zero attached hydrogens (tertiary/aromatic N) is 2. The minimum Gasteiger partial charge on any atom is -0.337 e. The summed E-state index contributed by atoms with van der Waals surface area (Å²) in [5.41, 5.74) is 3.48. The topological polar surface area (TPSA) is 113 Å². The fourth-order valence-electron chi connectivity index (χ4n) is 3.00. The number of amides is 1. The van der Waals surface area contributed by atoms with Crippen LogP contribution in [0.15, 0.2) is 77.7 Å². The highest BCUT2D eigenvalue weighted by Gasteiger charge is 2.19. The molecule has 0 saturated heterocycles. The van der Waals surface area contributed by atoms with Crippen molar-refractivity contribution in [2.24, 2.45) is 0 Å². The Bertz CT molecular complexity index is 1360. The minimum absolute atomic E-state index is 0.0282. The molecule has 0 aliphatic heterocycles. The van der Waals surface area contributed by atoms with E-state index in [0.717, 1.165) is 11.3 Å². The number of hydrogen-bond acceptors (Lipinski definition) is 6. The van der Waals surface area contributed by atoms with Crippen LogP contribution < -0.4 is 15.4 Å². The molecule has 156 valence electrons. The predicted octanol–water partition coefficient (Wildman–Crippen LogP) is 4.05. The normalized spacial score (nSPS) is 11.1. The standard InChI is InChI=1S/C22H19N5O3S/c1-15-5-4-6-17(13-15)24-21-22(26-20-8-3-2-7-19(20)25-21)27-31(29,30)18-11-9-16(10-12-18)23-14-28/h2-14H,1H3,(H,23,28)(H,24,25)(H,26,27). The van der Waals surface area contributed by atoms with Crippen LogP contribution in [-0.4, -0.2) is 24.8 Å². The summed E-state index contributed by atoms with van der Waals surface area (Å²) < 4.78 is 28.5. The van der Waals surface area contributed by atoms with Crippen molar-refractivity contribution in [2.75, 3.05) is 15.4 Å². The van der Waals surface area contributed by atoms with Gasteiger partial charge in [-0.2, -0.15) is 0 Å². The molecule has 0 aliphatic carbocycles. The van der Waals surface area contributed by atoms with Crippen LogP contribution in [0.1, 0.15) is 5.56 Å². The zero-order chi connectivity index (χ0) is 21.8. The number of benzene rings is 3. The van der Waals surface area contributed by atoms with E-state index in [1.165, 1.54) is 24.3 Å². The predicted molar refractivity (Wildman–Crippen MR) is 121 cm³/mol. The Morgan fingerprint density at radius 1 is 0.806 bits per heavy atom. The third-order valence-electron chi connectivity index (χ3n) is 4.47. The quantitative estimate of drug-likeness (QED) is 0.379. The summed E-state index contributed by atoms with van der Waals surface area (Å²) in [6, 6.07) is 20.7. The number of aryl methyl sites for hydroxylation is 1. The van der Waals surface area contributed by atoms with Gasteiger partial charge in [0.15, 0.2) is 11.6 Å². The van der Waals surface area contributed by atoms with E-state index in [0.29, 0.717) is 23.1 Å². The fourth-order valence-corrected chi connectivity index (χ4v) is 4.01. The Hall–Kier alpha value is -3.98. The van der Waals surface area contributed by atoms with Gasteiger partial charge in [-0.1, -0.05) is 24.3 Å². The summed E-state index contributed by atoms with van der Waals surface area (Å²) in [5, 5.41) is 5.62. The lowest BCUT2D eigenvalue weighted by Crippen LogP contribution is -2.16. The van der Waals surface area contributed by atoms with E-state index in [2.05, 4.69) is 25.3 Å². The summed E-state index contributed by atoms with van der Waals surface area (Å²) in [5.74, 6) is 0.363. The number of hydrogen-bond donors (Lipinski definition) is 3. The van der Waals surface area contributed by atoms with Crippen LogP contribution in [0.25, 0.3) is 11.0 Å². The highest BCUT2D eigenvalue weighted by Crippen LogP contribution is 2.27.